The Hall–Kier alpha value is -2.44. The van der Waals surface area contributed by atoms with Crippen molar-refractivity contribution in [2.45, 2.75) is 31.6 Å². The molecule has 7 heteroatoms. The lowest BCUT2D eigenvalue weighted by molar-refractivity contribution is -0.138. The predicted octanol–water partition coefficient (Wildman–Crippen LogP) is 5.21. The van der Waals surface area contributed by atoms with E-state index in [1.54, 1.807) is 35.6 Å². The molecule has 2 atom stereocenters. The van der Waals surface area contributed by atoms with Crippen molar-refractivity contribution in [1.29, 1.82) is 0 Å². The fourth-order valence-electron chi connectivity index (χ4n) is 4.84. The minimum atomic E-state index is -0.130. The molecule has 0 saturated carbocycles. The summed E-state index contributed by atoms with van der Waals surface area (Å²) in [6.07, 6.45) is 3.75. The van der Waals surface area contributed by atoms with Crippen molar-refractivity contribution in [1.82, 2.24) is 14.8 Å². The number of para-hydroxylation sites is 1. The maximum Gasteiger partial charge on any atom is 0.253 e. The molecule has 2 aromatic carbocycles. The van der Waals surface area contributed by atoms with Crippen molar-refractivity contribution in [2.24, 2.45) is 5.92 Å². The zero-order valence-corrected chi connectivity index (χ0v) is 19.4. The van der Waals surface area contributed by atoms with Crippen LogP contribution in [0.3, 0.4) is 0 Å². The molecular formula is C25H26ClN3O2S. The minimum Gasteiger partial charge on any atom is -0.342 e. The number of hydrogen-bond acceptors (Lipinski definition) is 4. The molecule has 2 fully saturated rings. The summed E-state index contributed by atoms with van der Waals surface area (Å²) in [5.74, 6) is 0.323. The van der Waals surface area contributed by atoms with Gasteiger partial charge in [-0.1, -0.05) is 23.7 Å². The number of carbonyl (C=O) groups is 2. The highest BCUT2D eigenvalue weighted by Gasteiger charge is 2.34. The monoisotopic (exact) mass is 467 g/mol. The van der Waals surface area contributed by atoms with E-state index in [0.29, 0.717) is 29.6 Å². The van der Waals surface area contributed by atoms with Crippen LogP contribution in [0.5, 0.6) is 0 Å². The van der Waals surface area contributed by atoms with Crippen molar-refractivity contribution in [3.8, 4) is 0 Å². The van der Waals surface area contributed by atoms with E-state index in [-0.39, 0.29) is 17.7 Å². The summed E-state index contributed by atoms with van der Waals surface area (Å²) in [7, 11) is 0. The first-order valence-electron chi connectivity index (χ1n) is 11.3. The number of nitrogens with zero attached hydrogens (tertiary/aromatic N) is 3. The molecule has 2 saturated heterocycles. The third kappa shape index (κ3) is 4.39. The van der Waals surface area contributed by atoms with E-state index in [9.17, 15) is 9.59 Å². The number of likely N-dealkylation sites (tertiary alicyclic amines) is 2. The van der Waals surface area contributed by atoms with E-state index in [0.717, 1.165) is 49.3 Å². The van der Waals surface area contributed by atoms with Crippen LogP contribution in [0.4, 0.5) is 0 Å². The van der Waals surface area contributed by atoms with E-state index < -0.39 is 0 Å². The average Bonchev–Trinajstić information content (AvgIpc) is 3.28. The number of benzene rings is 2. The first-order chi connectivity index (χ1) is 15.6. The molecule has 0 radical (unpaired) electrons. The van der Waals surface area contributed by atoms with E-state index >= 15 is 0 Å². The molecule has 0 aliphatic carbocycles. The Kier molecular flexibility index (Phi) is 6.15. The Balaban J connectivity index is 1.25. The van der Waals surface area contributed by atoms with Crippen LogP contribution in [0.2, 0.25) is 5.02 Å². The van der Waals surface area contributed by atoms with E-state index in [4.69, 9.17) is 16.6 Å². The van der Waals surface area contributed by atoms with Gasteiger partial charge in [0.15, 0.2) is 0 Å². The molecule has 0 bridgehead atoms. The molecule has 0 unspecified atom stereocenters. The second kappa shape index (κ2) is 9.20. The smallest absolute Gasteiger partial charge is 0.253 e. The van der Waals surface area contributed by atoms with Crippen molar-refractivity contribution >= 4 is 45.0 Å². The van der Waals surface area contributed by atoms with Crippen molar-refractivity contribution in [3.05, 3.63) is 64.1 Å². The molecule has 3 aromatic rings. The lowest BCUT2D eigenvalue weighted by Gasteiger charge is -2.38. The molecular weight excluding hydrogens is 442 g/mol. The number of fused-ring (bicyclic) bond motifs is 1. The van der Waals surface area contributed by atoms with Crippen molar-refractivity contribution in [3.63, 3.8) is 0 Å². The third-order valence-corrected chi connectivity index (χ3v) is 7.99. The van der Waals surface area contributed by atoms with Gasteiger partial charge in [0.05, 0.1) is 21.1 Å². The molecule has 3 heterocycles. The predicted molar refractivity (Wildman–Crippen MR) is 128 cm³/mol. The van der Waals surface area contributed by atoms with Crippen LogP contribution in [-0.4, -0.2) is 52.8 Å². The van der Waals surface area contributed by atoms with E-state index in [1.165, 1.54) is 4.70 Å². The van der Waals surface area contributed by atoms with Gasteiger partial charge < -0.3 is 9.80 Å². The Morgan fingerprint density at radius 3 is 2.50 bits per heavy atom. The van der Waals surface area contributed by atoms with Gasteiger partial charge in [-0.05, 0) is 62.1 Å². The maximum atomic E-state index is 13.4. The molecule has 32 heavy (non-hydrogen) atoms. The van der Waals surface area contributed by atoms with E-state index in [1.807, 2.05) is 21.9 Å². The lowest BCUT2D eigenvalue weighted by atomic mass is 9.93. The second-order valence-corrected chi connectivity index (χ2v) is 10.2. The second-order valence-electron chi connectivity index (χ2n) is 8.74. The molecule has 166 valence electrons. The molecule has 2 aliphatic heterocycles. The van der Waals surface area contributed by atoms with Crippen molar-refractivity contribution in [2.75, 3.05) is 26.2 Å². The van der Waals surface area contributed by atoms with Crippen LogP contribution in [0.25, 0.3) is 10.2 Å². The lowest BCUT2D eigenvalue weighted by Crippen LogP contribution is -2.48. The molecule has 5 nitrogen and oxygen atoms in total. The molecule has 5 rings (SSSR count). The molecule has 2 amide bonds. The summed E-state index contributed by atoms with van der Waals surface area (Å²) in [6, 6.07) is 15.2. The van der Waals surface area contributed by atoms with Gasteiger partial charge in [-0.3, -0.25) is 9.59 Å². The Morgan fingerprint density at radius 2 is 1.69 bits per heavy atom. The number of carbonyl (C=O) groups excluding carboxylic acids is 2. The van der Waals surface area contributed by atoms with Crippen LogP contribution in [0.15, 0.2) is 48.5 Å². The summed E-state index contributed by atoms with van der Waals surface area (Å²) in [6.45, 7) is 2.70. The van der Waals surface area contributed by atoms with Gasteiger partial charge >= 0.3 is 0 Å². The van der Waals surface area contributed by atoms with Crippen LogP contribution >= 0.6 is 22.9 Å². The van der Waals surface area contributed by atoms with E-state index in [2.05, 4.69) is 12.1 Å². The largest absolute Gasteiger partial charge is 0.342 e. The number of aromatic nitrogens is 1. The first-order valence-corrected chi connectivity index (χ1v) is 12.5. The molecule has 0 spiro atoms. The van der Waals surface area contributed by atoms with Crippen LogP contribution in [0.1, 0.15) is 47.0 Å². The Morgan fingerprint density at radius 1 is 0.938 bits per heavy atom. The fraction of sp³-hybridized carbons (Fsp3) is 0.400. The van der Waals surface area contributed by atoms with Gasteiger partial charge in [0, 0.05) is 42.7 Å². The maximum absolute atomic E-state index is 13.4. The number of thiazole rings is 1. The van der Waals surface area contributed by atoms with Gasteiger partial charge in [-0.2, -0.15) is 0 Å². The van der Waals surface area contributed by atoms with Gasteiger partial charge in [-0.15, -0.1) is 11.3 Å². The van der Waals surface area contributed by atoms with Gasteiger partial charge in [0.1, 0.15) is 0 Å². The number of amides is 2. The summed E-state index contributed by atoms with van der Waals surface area (Å²) in [5.41, 5.74) is 1.66. The van der Waals surface area contributed by atoms with Crippen molar-refractivity contribution < 1.29 is 9.59 Å². The summed E-state index contributed by atoms with van der Waals surface area (Å²) < 4.78 is 1.20. The van der Waals surface area contributed by atoms with Gasteiger partial charge in [0.2, 0.25) is 5.91 Å². The van der Waals surface area contributed by atoms with Gasteiger partial charge in [0.25, 0.3) is 5.91 Å². The number of hydrogen-bond donors (Lipinski definition) is 0. The Bertz CT molecular complexity index is 1100. The molecule has 1 aromatic heterocycles. The Labute approximate surface area is 197 Å². The van der Waals surface area contributed by atoms with Crippen LogP contribution < -0.4 is 0 Å². The SMILES string of the molecule is O=C(c1ccc(Cl)cc1)N1CCC[C@@H](C(=O)N2CCC[C@@H](c3nc4ccccc4s3)C2)C1. The highest BCUT2D eigenvalue weighted by molar-refractivity contribution is 7.18. The summed E-state index contributed by atoms with van der Waals surface area (Å²) >= 11 is 7.70. The third-order valence-electron chi connectivity index (χ3n) is 6.54. The number of halogens is 1. The standard InChI is InChI=1S/C25H26ClN3O2S/c26-20-11-9-17(10-12-20)24(30)29-14-4-6-19(16-29)25(31)28-13-3-5-18(15-28)23-27-21-7-1-2-8-22(21)32-23/h1-2,7-12,18-19H,3-6,13-16H2/t18-,19-/m1/s1. The highest BCUT2D eigenvalue weighted by Crippen LogP contribution is 2.34. The summed E-state index contributed by atoms with van der Waals surface area (Å²) in [5, 5.41) is 1.74. The zero-order valence-electron chi connectivity index (χ0n) is 17.9. The topological polar surface area (TPSA) is 53.5 Å². The number of piperidine rings is 2. The fourth-order valence-corrected chi connectivity index (χ4v) is 6.06. The van der Waals surface area contributed by atoms with Crippen LogP contribution in [-0.2, 0) is 4.79 Å². The first kappa shape index (κ1) is 21.4. The minimum absolute atomic E-state index is 0.0230. The number of rotatable bonds is 3. The summed E-state index contributed by atoms with van der Waals surface area (Å²) in [4.78, 5) is 35.0. The molecule has 0 N–H and O–H groups in total. The molecule has 2 aliphatic rings. The zero-order chi connectivity index (χ0) is 22.1. The average molecular weight is 468 g/mol. The van der Waals surface area contributed by atoms with Gasteiger partial charge in [-0.25, -0.2) is 4.98 Å². The van der Waals surface area contributed by atoms with Crippen LogP contribution in [0, 0.1) is 5.92 Å². The quantitative estimate of drug-likeness (QED) is 0.531. The normalized spacial score (nSPS) is 21.7. The highest BCUT2D eigenvalue weighted by atomic mass is 35.5.